The van der Waals surface area contributed by atoms with Gasteiger partial charge in [0.1, 0.15) is 6.33 Å². The molecule has 7 heteroatoms. The van der Waals surface area contributed by atoms with Crippen molar-refractivity contribution in [3.05, 3.63) is 60.0 Å². The van der Waals surface area contributed by atoms with Crippen molar-refractivity contribution in [3.8, 4) is 11.4 Å². The Morgan fingerprint density at radius 1 is 1.30 bits per heavy atom. The predicted molar refractivity (Wildman–Crippen MR) is 101 cm³/mol. The Labute approximate surface area is 158 Å². The van der Waals surface area contributed by atoms with E-state index in [1.54, 1.807) is 18.1 Å². The molecule has 1 amide bonds. The Bertz CT molecular complexity index is 894. The molecule has 0 spiro atoms. The van der Waals surface area contributed by atoms with Crippen LogP contribution in [0.5, 0.6) is 0 Å². The van der Waals surface area contributed by atoms with E-state index in [4.69, 9.17) is 4.52 Å². The van der Waals surface area contributed by atoms with Gasteiger partial charge >= 0.3 is 0 Å². The largest absolute Gasteiger partial charge is 0.339 e. The molecule has 1 atom stereocenters. The van der Waals surface area contributed by atoms with Gasteiger partial charge in [0, 0.05) is 31.6 Å². The second kappa shape index (κ2) is 8.53. The van der Waals surface area contributed by atoms with Crippen LogP contribution in [-0.4, -0.2) is 38.0 Å². The van der Waals surface area contributed by atoms with Crippen molar-refractivity contribution in [1.29, 1.82) is 0 Å². The van der Waals surface area contributed by atoms with Gasteiger partial charge in [-0.3, -0.25) is 4.79 Å². The maximum absolute atomic E-state index is 12.4. The third-order valence-electron chi connectivity index (χ3n) is 4.53. The Morgan fingerprint density at radius 2 is 2.15 bits per heavy atom. The zero-order valence-electron chi connectivity index (χ0n) is 15.8. The van der Waals surface area contributed by atoms with Crippen molar-refractivity contribution >= 4 is 5.91 Å². The minimum absolute atomic E-state index is 0.0551. The van der Waals surface area contributed by atoms with Gasteiger partial charge in [-0.25, -0.2) is 9.97 Å². The average Bonchev–Trinajstić information content (AvgIpc) is 3.16. The molecule has 0 N–H and O–H groups in total. The minimum atomic E-state index is -0.100. The molecule has 1 aromatic carbocycles. The van der Waals surface area contributed by atoms with Gasteiger partial charge in [0.15, 0.2) is 0 Å². The van der Waals surface area contributed by atoms with Gasteiger partial charge in [-0.2, -0.15) is 4.98 Å². The first-order chi connectivity index (χ1) is 13.0. The molecule has 0 radical (unpaired) electrons. The summed E-state index contributed by atoms with van der Waals surface area (Å²) in [5.41, 5.74) is 2.89. The van der Waals surface area contributed by atoms with E-state index in [-0.39, 0.29) is 11.9 Å². The maximum Gasteiger partial charge on any atom is 0.226 e. The molecule has 0 fully saturated rings. The molecular weight excluding hydrogens is 342 g/mol. The summed E-state index contributed by atoms with van der Waals surface area (Å²) in [6.45, 7) is 3.97. The summed E-state index contributed by atoms with van der Waals surface area (Å²) in [4.78, 5) is 26.7. The lowest BCUT2D eigenvalue weighted by molar-refractivity contribution is -0.132. The quantitative estimate of drug-likeness (QED) is 0.638. The van der Waals surface area contributed by atoms with E-state index < -0.39 is 0 Å². The lowest BCUT2D eigenvalue weighted by Crippen LogP contribution is -2.30. The van der Waals surface area contributed by atoms with Crippen molar-refractivity contribution < 1.29 is 9.32 Å². The van der Waals surface area contributed by atoms with Gasteiger partial charge in [-0.1, -0.05) is 28.9 Å². The lowest BCUT2D eigenvalue weighted by atomic mass is 10.1. The van der Waals surface area contributed by atoms with Gasteiger partial charge in [-0.15, -0.1) is 0 Å². The molecule has 140 valence electrons. The number of aryl methyl sites for hydroxylation is 2. The highest BCUT2D eigenvalue weighted by atomic mass is 16.5. The fourth-order valence-electron chi connectivity index (χ4n) is 2.79. The van der Waals surface area contributed by atoms with E-state index in [1.165, 1.54) is 6.33 Å². The van der Waals surface area contributed by atoms with Crippen LogP contribution < -0.4 is 0 Å². The molecule has 0 aliphatic heterocycles. The highest BCUT2D eigenvalue weighted by molar-refractivity contribution is 5.76. The minimum Gasteiger partial charge on any atom is -0.339 e. The highest BCUT2D eigenvalue weighted by Gasteiger charge is 2.18. The van der Waals surface area contributed by atoms with Gasteiger partial charge < -0.3 is 9.42 Å². The van der Waals surface area contributed by atoms with Crippen molar-refractivity contribution in [2.24, 2.45) is 0 Å². The second-order valence-electron chi connectivity index (χ2n) is 6.55. The zero-order valence-corrected chi connectivity index (χ0v) is 15.8. The average molecular weight is 365 g/mol. The Balaban J connectivity index is 1.52. The van der Waals surface area contributed by atoms with E-state index in [0.29, 0.717) is 31.0 Å². The van der Waals surface area contributed by atoms with Gasteiger partial charge in [0.05, 0.1) is 11.7 Å². The normalized spacial score (nSPS) is 12.0. The number of nitrogens with zero attached hydrogens (tertiary/aromatic N) is 5. The molecule has 0 saturated carbocycles. The first-order valence-corrected chi connectivity index (χ1v) is 8.96. The van der Waals surface area contributed by atoms with Crippen molar-refractivity contribution in [1.82, 2.24) is 25.0 Å². The lowest BCUT2D eigenvalue weighted by Gasteiger charge is -2.24. The standard InChI is InChI=1S/C20H23N5O2/c1-14-6-4-7-16(12-14)20-23-18(27-24-20)8-5-9-19(26)25(3)15(2)17-10-11-21-13-22-17/h4,6-7,10-13,15H,5,8-9H2,1-3H3. The molecule has 3 rings (SSSR count). The number of rotatable bonds is 7. The molecule has 0 aliphatic carbocycles. The van der Waals surface area contributed by atoms with Gasteiger partial charge in [0.2, 0.25) is 17.6 Å². The third kappa shape index (κ3) is 4.75. The van der Waals surface area contributed by atoms with Crippen molar-refractivity contribution in [2.75, 3.05) is 7.05 Å². The SMILES string of the molecule is Cc1cccc(-c2noc(CCCC(=O)N(C)C(C)c3ccncn3)n2)c1. The smallest absolute Gasteiger partial charge is 0.226 e. The van der Waals surface area contributed by atoms with Crippen LogP contribution >= 0.6 is 0 Å². The van der Waals surface area contributed by atoms with Crippen LogP contribution in [0.4, 0.5) is 0 Å². The maximum atomic E-state index is 12.4. The summed E-state index contributed by atoms with van der Waals surface area (Å²) in [5, 5.41) is 4.03. The van der Waals surface area contributed by atoms with E-state index in [1.807, 2.05) is 44.2 Å². The summed E-state index contributed by atoms with van der Waals surface area (Å²) in [6.07, 6.45) is 4.80. The summed E-state index contributed by atoms with van der Waals surface area (Å²) in [5.74, 6) is 1.18. The second-order valence-corrected chi connectivity index (χ2v) is 6.55. The number of aromatic nitrogens is 4. The molecule has 7 nitrogen and oxygen atoms in total. The van der Waals surface area contributed by atoms with Crippen molar-refractivity contribution in [2.45, 2.75) is 39.2 Å². The number of carbonyl (C=O) groups excluding carboxylic acids is 1. The van der Waals surface area contributed by atoms with Crippen LogP contribution in [0.15, 0.2) is 47.4 Å². The van der Waals surface area contributed by atoms with Crippen molar-refractivity contribution in [3.63, 3.8) is 0 Å². The number of amides is 1. The first-order valence-electron chi connectivity index (χ1n) is 8.96. The Morgan fingerprint density at radius 3 is 2.89 bits per heavy atom. The van der Waals surface area contributed by atoms with E-state index in [2.05, 4.69) is 20.1 Å². The number of carbonyl (C=O) groups is 1. The van der Waals surface area contributed by atoms with E-state index in [0.717, 1.165) is 16.8 Å². The van der Waals surface area contributed by atoms with Gasteiger partial charge in [0.25, 0.3) is 0 Å². The summed E-state index contributed by atoms with van der Waals surface area (Å²) < 4.78 is 5.32. The third-order valence-corrected chi connectivity index (χ3v) is 4.53. The van der Waals surface area contributed by atoms with Crippen LogP contribution in [0.2, 0.25) is 0 Å². The van der Waals surface area contributed by atoms with Crippen LogP contribution in [0.25, 0.3) is 11.4 Å². The Kier molecular flexibility index (Phi) is 5.90. The van der Waals surface area contributed by atoms with Crippen LogP contribution in [-0.2, 0) is 11.2 Å². The molecule has 0 aliphatic rings. The summed E-state index contributed by atoms with van der Waals surface area (Å²) in [6, 6.07) is 9.68. The first kappa shape index (κ1) is 18.7. The fraction of sp³-hybridized carbons (Fsp3) is 0.350. The van der Waals surface area contributed by atoms with E-state index >= 15 is 0 Å². The topological polar surface area (TPSA) is 85.0 Å². The zero-order chi connectivity index (χ0) is 19.2. The monoisotopic (exact) mass is 365 g/mol. The highest BCUT2D eigenvalue weighted by Crippen LogP contribution is 2.19. The molecule has 0 saturated heterocycles. The molecular formula is C20H23N5O2. The summed E-state index contributed by atoms with van der Waals surface area (Å²) >= 11 is 0. The van der Waals surface area contributed by atoms with Gasteiger partial charge in [-0.05, 0) is 32.4 Å². The predicted octanol–water partition coefficient (Wildman–Crippen LogP) is 3.38. The van der Waals surface area contributed by atoms with E-state index in [9.17, 15) is 4.79 Å². The summed E-state index contributed by atoms with van der Waals surface area (Å²) in [7, 11) is 1.79. The number of benzene rings is 1. The number of hydrogen-bond acceptors (Lipinski definition) is 6. The molecule has 0 bridgehead atoms. The number of hydrogen-bond donors (Lipinski definition) is 0. The molecule has 3 aromatic rings. The Hall–Kier alpha value is -3.09. The van der Waals surface area contributed by atoms with Crippen LogP contribution in [0, 0.1) is 6.92 Å². The molecule has 2 heterocycles. The molecule has 27 heavy (non-hydrogen) atoms. The molecule has 1 unspecified atom stereocenters. The van der Waals surface area contributed by atoms with Crippen LogP contribution in [0.3, 0.4) is 0 Å². The fourth-order valence-corrected chi connectivity index (χ4v) is 2.79. The van der Waals surface area contributed by atoms with Crippen LogP contribution in [0.1, 0.15) is 43.0 Å². The molecule has 2 aromatic heterocycles.